The maximum absolute atomic E-state index is 12.0. The highest BCUT2D eigenvalue weighted by atomic mass is 79.9. The Kier molecular flexibility index (Phi) is 5.22. The summed E-state index contributed by atoms with van der Waals surface area (Å²) in [6, 6.07) is 4.29. The number of ether oxygens (including phenoxy) is 1. The maximum Gasteiger partial charge on any atom is 0.410 e. The minimum absolute atomic E-state index is 0.224. The van der Waals surface area contributed by atoms with E-state index in [1.165, 1.54) is 5.56 Å². The topological polar surface area (TPSA) is 54.5 Å². The zero-order chi connectivity index (χ0) is 15.5. The second-order valence-corrected chi connectivity index (χ2v) is 7.09. The van der Waals surface area contributed by atoms with E-state index in [0.717, 1.165) is 24.1 Å². The van der Waals surface area contributed by atoms with Crippen LogP contribution in [-0.4, -0.2) is 40.7 Å². The summed E-state index contributed by atoms with van der Waals surface area (Å²) >= 11 is 3.36. The number of halogens is 1. The first kappa shape index (κ1) is 16.2. The Morgan fingerprint density at radius 3 is 3.00 bits per heavy atom. The molecule has 0 spiro atoms. The molecule has 1 amide bonds. The fourth-order valence-corrected chi connectivity index (χ4v) is 2.65. The normalized spacial score (nSPS) is 18.9. The van der Waals surface area contributed by atoms with Gasteiger partial charge in [-0.25, -0.2) is 9.78 Å². The minimum atomic E-state index is -0.439. The fourth-order valence-electron chi connectivity index (χ4n) is 2.23. The Hall–Kier alpha value is -1.14. The second kappa shape index (κ2) is 6.75. The summed E-state index contributed by atoms with van der Waals surface area (Å²) in [5, 5.41) is 3.47. The lowest BCUT2D eigenvalue weighted by molar-refractivity contribution is 0.0291. The fraction of sp³-hybridized carbons (Fsp3) is 0.600. The lowest BCUT2D eigenvalue weighted by Gasteiger charge is -2.24. The quantitative estimate of drug-likeness (QED) is 0.847. The van der Waals surface area contributed by atoms with E-state index in [-0.39, 0.29) is 6.09 Å². The molecule has 116 valence electrons. The summed E-state index contributed by atoms with van der Waals surface area (Å²) < 4.78 is 6.23. The van der Waals surface area contributed by atoms with Crippen LogP contribution in [0, 0.1) is 0 Å². The average Bonchev–Trinajstić information content (AvgIpc) is 2.83. The summed E-state index contributed by atoms with van der Waals surface area (Å²) in [4.78, 5) is 17.9. The standard InChI is InChI=1S/C15H22BrN3O2/c1-15(2,3)21-14(20)19-7-5-12(10-19)18-9-11-4-6-17-13(16)8-11/h4,6,8,12,18H,5,7,9-10H2,1-3H3. The lowest BCUT2D eigenvalue weighted by atomic mass is 10.2. The largest absolute Gasteiger partial charge is 0.444 e. The van der Waals surface area contributed by atoms with Crippen molar-refractivity contribution in [2.75, 3.05) is 13.1 Å². The van der Waals surface area contributed by atoms with E-state index < -0.39 is 5.60 Å². The van der Waals surface area contributed by atoms with Crippen LogP contribution >= 0.6 is 15.9 Å². The van der Waals surface area contributed by atoms with E-state index in [1.807, 2.05) is 32.9 Å². The molecule has 2 rings (SSSR count). The van der Waals surface area contributed by atoms with Gasteiger partial charge in [0.2, 0.25) is 0 Å². The minimum Gasteiger partial charge on any atom is -0.444 e. The Balaban J connectivity index is 1.79. The number of hydrogen-bond donors (Lipinski definition) is 1. The molecule has 0 aromatic carbocycles. The molecule has 2 heterocycles. The van der Waals surface area contributed by atoms with Crippen molar-refractivity contribution in [3.05, 3.63) is 28.5 Å². The predicted octanol–water partition coefficient (Wildman–Crippen LogP) is 2.94. The Morgan fingerprint density at radius 1 is 1.57 bits per heavy atom. The molecule has 1 aliphatic rings. The Morgan fingerprint density at radius 2 is 2.33 bits per heavy atom. The number of rotatable bonds is 3. The van der Waals surface area contributed by atoms with E-state index >= 15 is 0 Å². The van der Waals surface area contributed by atoms with Crippen molar-refractivity contribution in [1.29, 1.82) is 0 Å². The number of likely N-dealkylation sites (tertiary alicyclic amines) is 1. The molecule has 0 saturated carbocycles. The van der Waals surface area contributed by atoms with Crippen LogP contribution in [0.25, 0.3) is 0 Å². The van der Waals surface area contributed by atoms with Gasteiger partial charge in [-0.1, -0.05) is 0 Å². The van der Waals surface area contributed by atoms with Crippen molar-refractivity contribution in [3.8, 4) is 0 Å². The van der Waals surface area contributed by atoms with Crippen molar-refractivity contribution in [2.45, 2.75) is 45.4 Å². The number of carbonyl (C=O) groups excluding carboxylic acids is 1. The summed E-state index contributed by atoms with van der Waals surface area (Å²) in [7, 11) is 0. The number of carbonyl (C=O) groups is 1. The van der Waals surface area contributed by atoms with Crippen LogP contribution in [0.2, 0.25) is 0 Å². The Bertz CT molecular complexity index is 502. The monoisotopic (exact) mass is 355 g/mol. The molecule has 1 fully saturated rings. The van der Waals surface area contributed by atoms with Crippen molar-refractivity contribution in [2.24, 2.45) is 0 Å². The maximum atomic E-state index is 12.0. The van der Waals surface area contributed by atoms with Gasteiger partial charge in [0.05, 0.1) is 0 Å². The SMILES string of the molecule is CC(C)(C)OC(=O)N1CCC(NCc2ccnc(Br)c2)C1. The number of pyridine rings is 1. The van der Waals surface area contributed by atoms with Crippen LogP contribution in [-0.2, 0) is 11.3 Å². The van der Waals surface area contributed by atoms with Gasteiger partial charge in [0.15, 0.2) is 0 Å². The first-order chi connectivity index (χ1) is 9.83. The van der Waals surface area contributed by atoms with Gasteiger partial charge in [-0.3, -0.25) is 0 Å². The molecular formula is C15H22BrN3O2. The van der Waals surface area contributed by atoms with E-state index in [4.69, 9.17) is 4.74 Å². The molecular weight excluding hydrogens is 334 g/mol. The molecule has 5 nitrogen and oxygen atoms in total. The highest BCUT2D eigenvalue weighted by Crippen LogP contribution is 2.16. The van der Waals surface area contributed by atoms with Gasteiger partial charge in [-0.2, -0.15) is 0 Å². The predicted molar refractivity (Wildman–Crippen MR) is 85.0 cm³/mol. The number of hydrogen-bond acceptors (Lipinski definition) is 4. The van der Waals surface area contributed by atoms with Crippen molar-refractivity contribution >= 4 is 22.0 Å². The number of amides is 1. The van der Waals surface area contributed by atoms with E-state index in [1.54, 1.807) is 11.1 Å². The van der Waals surface area contributed by atoms with E-state index in [0.29, 0.717) is 12.6 Å². The molecule has 0 aliphatic carbocycles. The number of nitrogens with one attached hydrogen (secondary N) is 1. The lowest BCUT2D eigenvalue weighted by Crippen LogP contribution is -2.38. The van der Waals surface area contributed by atoms with Gasteiger partial charge >= 0.3 is 6.09 Å². The number of nitrogens with zero attached hydrogens (tertiary/aromatic N) is 2. The van der Waals surface area contributed by atoms with Crippen LogP contribution in [0.3, 0.4) is 0 Å². The first-order valence-electron chi connectivity index (χ1n) is 7.15. The molecule has 21 heavy (non-hydrogen) atoms. The average molecular weight is 356 g/mol. The third-order valence-electron chi connectivity index (χ3n) is 3.23. The summed E-state index contributed by atoms with van der Waals surface area (Å²) in [6.45, 7) is 7.87. The molecule has 0 radical (unpaired) electrons. The van der Waals surface area contributed by atoms with Gasteiger partial charge in [0.1, 0.15) is 10.2 Å². The molecule has 1 atom stereocenters. The van der Waals surface area contributed by atoms with Gasteiger partial charge < -0.3 is 15.0 Å². The zero-order valence-electron chi connectivity index (χ0n) is 12.7. The van der Waals surface area contributed by atoms with Gasteiger partial charge in [-0.05, 0) is 60.8 Å². The van der Waals surface area contributed by atoms with Gasteiger partial charge in [-0.15, -0.1) is 0 Å². The zero-order valence-corrected chi connectivity index (χ0v) is 14.3. The van der Waals surface area contributed by atoms with Gasteiger partial charge in [0.25, 0.3) is 0 Å². The van der Waals surface area contributed by atoms with Crippen LogP contribution in [0.5, 0.6) is 0 Å². The first-order valence-corrected chi connectivity index (χ1v) is 7.94. The number of aromatic nitrogens is 1. The molecule has 1 aromatic heterocycles. The molecule has 1 unspecified atom stereocenters. The van der Waals surface area contributed by atoms with Crippen LogP contribution < -0.4 is 5.32 Å². The van der Waals surface area contributed by atoms with Crippen molar-refractivity contribution in [3.63, 3.8) is 0 Å². The molecule has 6 heteroatoms. The van der Waals surface area contributed by atoms with E-state index in [9.17, 15) is 4.79 Å². The smallest absolute Gasteiger partial charge is 0.410 e. The molecule has 0 bridgehead atoms. The van der Waals surface area contributed by atoms with E-state index in [2.05, 4.69) is 26.2 Å². The molecule has 1 saturated heterocycles. The molecule has 1 N–H and O–H groups in total. The molecule has 1 aliphatic heterocycles. The highest BCUT2D eigenvalue weighted by molar-refractivity contribution is 9.10. The summed E-state index contributed by atoms with van der Waals surface area (Å²) in [5.41, 5.74) is 0.735. The van der Waals surface area contributed by atoms with Crippen molar-refractivity contribution < 1.29 is 9.53 Å². The highest BCUT2D eigenvalue weighted by Gasteiger charge is 2.29. The third kappa shape index (κ3) is 5.28. The van der Waals surface area contributed by atoms with Crippen LogP contribution in [0.15, 0.2) is 22.9 Å². The summed E-state index contributed by atoms with van der Waals surface area (Å²) in [6.07, 6.45) is 2.51. The second-order valence-electron chi connectivity index (χ2n) is 6.28. The summed E-state index contributed by atoms with van der Waals surface area (Å²) in [5.74, 6) is 0. The van der Waals surface area contributed by atoms with Crippen molar-refractivity contribution in [1.82, 2.24) is 15.2 Å². The molecule has 1 aromatic rings. The van der Waals surface area contributed by atoms with Gasteiger partial charge in [0, 0.05) is 31.9 Å². The Labute approximate surface area is 134 Å². The van der Waals surface area contributed by atoms with Crippen LogP contribution in [0.4, 0.5) is 4.79 Å². The third-order valence-corrected chi connectivity index (χ3v) is 3.66. The van der Waals surface area contributed by atoms with Crippen LogP contribution in [0.1, 0.15) is 32.8 Å².